The average Bonchev–Trinajstić information content (AvgIpc) is 3.12. The molecule has 0 bridgehead atoms. The first kappa shape index (κ1) is 17.8. The zero-order chi connectivity index (χ0) is 17.6. The van der Waals surface area contributed by atoms with E-state index >= 15 is 0 Å². The number of nitrogens with zero attached hydrogens (tertiary/aromatic N) is 1. The number of hydrogen-bond donors (Lipinski definition) is 2. The van der Waals surface area contributed by atoms with Crippen molar-refractivity contribution in [2.45, 2.75) is 19.4 Å². The molecule has 4 nitrogen and oxygen atoms in total. The van der Waals surface area contributed by atoms with E-state index in [0.717, 1.165) is 35.2 Å². The van der Waals surface area contributed by atoms with E-state index in [0.29, 0.717) is 6.54 Å². The predicted molar refractivity (Wildman–Crippen MR) is 103 cm³/mol. The number of rotatable bonds is 6. The molecule has 132 valence electrons. The molecule has 0 saturated carbocycles. The van der Waals surface area contributed by atoms with E-state index in [4.69, 9.17) is 11.6 Å². The molecule has 3 rings (SSSR count). The number of carbonyl (C=O) groups excluding carboxylic acids is 1. The van der Waals surface area contributed by atoms with Gasteiger partial charge in [-0.15, -0.1) is 0 Å². The van der Waals surface area contributed by atoms with Crippen LogP contribution >= 0.6 is 11.6 Å². The van der Waals surface area contributed by atoms with E-state index in [2.05, 4.69) is 22.3 Å². The molecular formula is C20H25ClN3O+. The van der Waals surface area contributed by atoms with Crippen LogP contribution in [-0.4, -0.2) is 32.6 Å². The first-order valence-corrected chi connectivity index (χ1v) is 9.18. The molecule has 1 amide bonds. The fraction of sp³-hybridized carbons (Fsp3) is 0.350. The first-order chi connectivity index (χ1) is 12.1. The van der Waals surface area contributed by atoms with Gasteiger partial charge >= 0.3 is 0 Å². The summed E-state index contributed by atoms with van der Waals surface area (Å²) in [6, 6.07) is 15.9. The molecule has 0 radical (unpaired) electrons. The Hall–Kier alpha value is -2.04. The van der Waals surface area contributed by atoms with Gasteiger partial charge in [0.05, 0.1) is 7.05 Å². The van der Waals surface area contributed by atoms with Crippen molar-refractivity contribution in [2.75, 3.05) is 36.9 Å². The fourth-order valence-electron chi connectivity index (χ4n) is 3.22. The maximum absolute atomic E-state index is 12.2. The van der Waals surface area contributed by atoms with Crippen LogP contribution in [-0.2, 0) is 11.3 Å². The molecule has 1 fully saturated rings. The highest BCUT2D eigenvalue weighted by Gasteiger charge is 2.13. The van der Waals surface area contributed by atoms with Crippen LogP contribution in [0.25, 0.3) is 0 Å². The van der Waals surface area contributed by atoms with E-state index in [9.17, 15) is 4.79 Å². The normalized spacial score (nSPS) is 15.2. The smallest absolute Gasteiger partial charge is 0.279 e. The number of halogens is 1. The van der Waals surface area contributed by atoms with Crippen molar-refractivity contribution >= 4 is 28.9 Å². The molecule has 1 aliphatic rings. The molecule has 1 heterocycles. The minimum Gasteiger partial charge on any atom is -0.372 e. The molecule has 0 spiro atoms. The van der Waals surface area contributed by atoms with Gasteiger partial charge in [-0.1, -0.05) is 23.7 Å². The number of anilines is 2. The Morgan fingerprint density at radius 3 is 2.36 bits per heavy atom. The van der Waals surface area contributed by atoms with Gasteiger partial charge in [-0.25, -0.2) is 0 Å². The van der Waals surface area contributed by atoms with E-state index in [1.165, 1.54) is 24.1 Å². The van der Waals surface area contributed by atoms with Crippen molar-refractivity contribution in [3.63, 3.8) is 0 Å². The standard InChI is InChI=1S/C20H24ClN3O/c1-23(14-16-4-6-17(21)7-5-16)15-20(25)22-18-8-10-19(11-9-18)24-12-2-3-13-24/h4-11H,2-3,12-15H2,1H3,(H,22,25)/p+1. The summed E-state index contributed by atoms with van der Waals surface area (Å²) >= 11 is 5.90. The van der Waals surface area contributed by atoms with Gasteiger partial charge in [0.15, 0.2) is 6.54 Å². The third-order valence-corrected chi connectivity index (χ3v) is 4.76. The van der Waals surface area contributed by atoms with E-state index in [1.54, 1.807) is 0 Å². The Bertz CT molecular complexity index is 694. The van der Waals surface area contributed by atoms with Crippen molar-refractivity contribution in [2.24, 2.45) is 0 Å². The number of nitrogens with one attached hydrogen (secondary N) is 2. The number of hydrogen-bond acceptors (Lipinski definition) is 2. The van der Waals surface area contributed by atoms with E-state index in [-0.39, 0.29) is 5.91 Å². The van der Waals surface area contributed by atoms with Crippen molar-refractivity contribution in [1.82, 2.24) is 0 Å². The Balaban J connectivity index is 1.48. The quantitative estimate of drug-likeness (QED) is 0.832. The molecule has 0 aliphatic carbocycles. The van der Waals surface area contributed by atoms with Crippen molar-refractivity contribution in [3.8, 4) is 0 Å². The first-order valence-electron chi connectivity index (χ1n) is 8.81. The summed E-state index contributed by atoms with van der Waals surface area (Å²) in [4.78, 5) is 15.8. The molecule has 5 heteroatoms. The highest BCUT2D eigenvalue weighted by atomic mass is 35.5. The Kier molecular flexibility index (Phi) is 5.95. The number of quaternary nitrogens is 1. The second-order valence-corrected chi connectivity index (χ2v) is 7.16. The summed E-state index contributed by atoms with van der Waals surface area (Å²) in [5.74, 6) is 0.0281. The van der Waals surface area contributed by atoms with Gasteiger partial charge in [-0.2, -0.15) is 0 Å². The highest BCUT2D eigenvalue weighted by Crippen LogP contribution is 2.21. The zero-order valence-corrected chi connectivity index (χ0v) is 15.4. The molecule has 2 aromatic carbocycles. The summed E-state index contributed by atoms with van der Waals surface area (Å²) in [7, 11) is 2.02. The number of benzene rings is 2. The van der Waals surface area contributed by atoms with E-state index < -0.39 is 0 Å². The summed E-state index contributed by atoms with van der Waals surface area (Å²) in [5, 5.41) is 3.72. The third-order valence-electron chi connectivity index (χ3n) is 4.50. The number of likely N-dealkylation sites (N-methyl/N-ethyl adjacent to an activating group) is 1. The lowest BCUT2D eigenvalue weighted by Crippen LogP contribution is -3.08. The average molecular weight is 359 g/mol. The van der Waals surface area contributed by atoms with Crippen LogP contribution in [0.5, 0.6) is 0 Å². The molecule has 0 aromatic heterocycles. The highest BCUT2D eigenvalue weighted by molar-refractivity contribution is 6.30. The summed E-state index contributed by atoms with van der Waals surface area (Å²) in [5.41, 5.74) is 3.26. The summed E-state index contributed by atoms with van der Waals surface area (Å²) < 4.78 is 0. The molecule has 1 saturated heterocycles. The number of carbonyl (C=O) groups is 1. The molecule has 2 N–H and O–H groups in total. The maximum atomic E-state index is 12.2. The Morgan fingerprint density at radius 1 is 1.08 bits per heavy atom. The topological polar surface area (TPSA) is 36.8 Å². The van der Waals surface area contributed by atoms with Crippen LogP contribution in [0.1, 0.15) is 18.4 Å². The summed E-state index contributed by atoms with van der Waals surface area (Å²) in [6.07, 6.45) is 2.53. The van der Waals surface area contributed by atoms with Crippen LogP contribution < -0.4 is 15.1 Å². The van der Waals surface area contributed by atoms with Gasteiger partial charge in [-0.05, 0) is 49.2 Å². The Labute approximate surface area is 154 Å². The molecular weight excluding hydrogens is 334 g/mol. The lowest BCUT2D eigenvalue weighted by molar-refractivity contribution is -0.885. The molecule has 1 aliphatic heterocycles. The predicted octanol–water partition coefficient (Wildman–Crippen LogP) is 2.59. The van der Waals surface area contributed by atoms with Gasteiger partial charge in [0.25, 0.3) is 5.91 Å². The third kappa shape index (κ3) is 5.21. The summed E-state index contributed by atoms with van der Waals surface area (Å²) in [6.45, 7) is 3.48. The minimum atomic E-state index is 0.0281. The van der Waals surface area contributed by atoms with Crippen LogP contribution in [0.4, 0.5) is 11.4 Å². The maximum Gasteiger partial charge on any atom is 0.279 e. The van der Waals surface area contributed by atoms with Crippen LogP contribution in [0.15, 0.2) is 48.5 Å². The lowest BCUT2D eigenvalue weighted by Gasteiger charge is -2.18. The van der Waals surface area contributed by atoms with Gasteiger partial charge in [0, 0.05) is 35.1 Å². The molecule has 1 atom stereocenters. The van der Waals surface area contributed by atoms with Crippen LogP contribution in [0, 0.1) is 0 Å². The van der Waals surface area contributed by atoms with Gasteiger partial charge in [-0.3, -0.25) is 4.79 Å². The van der Waals surface area contributed by atoms with Gasteiger partial charge in [0.2, 0.25) is 0 Å². The minimum absolute atomic E-state index is 0.0281. The lowest BCUT2D eigenvalue weighted by atomic mass is 10.2. The molecule has 2 aromatic rings. The van der Waals surface area contributed by atoms with E-state index in [1.807, 2.05) is 43.4 Å². The largest absolute Gasteiger partial charge is 0.372 e. The number of amides is 1. The SMILES string of the molecule is C[NH+](CC(=O)Nc1ccc(N2CCCC2)cc1)Cc1ccc(Cl)cc1. The molecule has 25 heavy (non-hydrogen) atoms. The zero-order valence-electron chi connectivity index (χ0n) is 14.6. The fourth-order valence-corrected chi connectivity index (χ4v) is 3.35. The second-order valence-electron chi connectivity index (χ2n) is 6.73. The van der Waals surface area contributed by atoms with Gasteiger partial charge in [0.1, 0.15) is 6.54 Å². The van der Waals surface area contributed by atoms with Crippen molar-refractivity contribution in [3.05, 3.63) is 59.1 Å². The van der Waals surface area contributed by atoms with Crippen molar-refractivity contribution in [1.29, 1.82) is 0 Å². The Morgan fingerprint density at radius 2 is 1.72 bits per heavy atom. The van der Waals surface area contributed by atoms with Gasteiger partial charge < -0.3 is 15.1 Å². The molecule has 1 unspecified atom stereocenters. The second kappa shape index (κ2) is 8.37. The van der Waals surface area contributed by atoms with Crippen LogP contribution in [0.2, 0.25) is 5.02 Å². The van der Waals surface area contributed by atoms with Crippen molar-refractivity contribution < 1.29 is 9.69 Å². The van der Waals surface area contributed by atoms with Crippen LogP contribution in [0.3, 0.4) is 0 Å². The monoisotopic (exact) mass is 358 g/mol.